The highest BCUT2D eigenvalue weighted by molar-refractivity contribution is 5.96. The number of amides is 1. The summed E-state index contributed by atoms with van der Waals surface area (Å²) < 4.78 is 11.7. The van der Waals surface area contributed by atoms with E-state index in [9.17, 15) is 4.79 Å². The number of aromatic amines is 1. The number of rotatable bonds is 4. The minimum Gasteiger partial charge on any atom is -0.372 e. The third-order valence-electron chi connectivity index (χ3n) is 4.60. The number of ether oxygens (including phenoxy) is 2. The molecule has 1 aromatic rings. The number of aromatic nitrogens is 1. The number of nitrogens with one attached hydrogen (secondary N) is 1. The van der Waals surface area contributed by atoms with E-state index < -0.39 is 0 Å². The fourth-order valence-electron chi connectivity index (χ4n) is 3.64. The fraction of sp³-hybridized carbons (Fsp3) is 0.588. The van der Waals surface area contributed by atoms with Crippen molar-refractivity contribution in [3.8, 4) is 0 Å². The molecule has 22 heavy (non-hydrogen) atoms. The quantitative estimate of drug-likeness (QED) is 0.868. The summed E-state index contributed by atoms with van der Waals surface area (Å²) in [5.41, 5.74) is 2.72. The van der Waals surface area contributed by atoms with Gasteiger partial charge >= 0.3 is 0 Å². The van der Waals surface area contributed by atoms with Gasteiger partial charge < -0.3 is 19.4 Å². The molecule has 0 spiro atoms. The summed E-state index contributed by atoms with van der Waals surface area (Å²) in [4.78, 5) is 18.1. The second kappa shape index (κ2) is 6.26. The molecule has 0 aromatic carbocycles. The summed E-state index contributed by atoms with van der Waals surface area (Å²) in [6, 6.07) is 2.05. The zero-order chi connectivity index (χ0) is 15.7. The Morgan fingerprint density at radius 1 is 1.55 bits per heavy atom. The maximum absolute atomic E-state index is 12.9. The third-order valence-corrected chi connectivity index (χ3v) is 4.60. The first-order valence-corrected chi connectivity index (χ1v) is 7.93. The molecule has 1 aromatic heterocycles. The summed E-state index contributed by atoms with van der Waals surface area (Å²) in [6.45, 7) is 9.36. The van der Waals surface area contributed by atoms with E-state index in [0.29, 0.717) is 19.8 Å². The van der Waals surface area contributed by atoms with Gasteiger partial charge in [0.2, 0.25) is 0 Å². The van der Waals surface area contributed by atoms with Crippen molar-refractivity contribution in [2.75, 3.05) is 19.8 Å². The van der Waals surface area contributed by atoms with E-state index in [1.165, 1.54) is 0 Å². The van der Waals surface area contributed by atoms with Crippen LogP contribution in [0.3, 0.4) is 0 Å². The molecule has 2 heterocycles. The van der Waals surface area contributed by atoms with Crippen LogP contribution in [0.1, 0.15) is 34.6 Å². The maximum Gasteiger partial charge on any atom is 0.256 e. The lowest BCUT2D eigenvalue weighted by Crippen LogP contribution is -2.54. The predicted octanol–water partition coefficient (Wildman–Crippen LogP) is 2.21. The molecular weight excluding hydrogens is 280 g/mol. The number of hydrogen-bond acceptors (Lipinski definition) is 3. The normalized spacial score (nSPS) is 27.7. The van der Waals surface area contributed by atoms with Crippen LogP contribution in [0.15, 0.2) is 18.7 Å². The molecule has 1 aliphatic carbocycles. The molecule has 3 rings (SSSR count). The Hall–Kier alpha value is -1.59. The summed E-state index contributed by atoms with van der Waals surface area (Å²) in [5, 5.41) is 0. The number of carbonyl (C=O) groups excluding carboxylic acids is 1. The van der Waals surface area contributed by atoms with Gasteiger partial charge in [0.25, 0.3) is 5.91 Å². The van der Waals surface area contributed by atoms with Gasteiger partial charge in [-0.15, -0.1) is 6.58 Å². The van der Waals surface area contributed by atoms with Gasteiger partial charge in [0, 0.05) is 17.9 Å². The lowest BCUT2D eigenvalue weighted by atomic mass is 10.1. The maximum atomic E-state index is 12.9. The van der Waals surface area contributed by atoms with E-state index in [1.807, 2.05) is 24.8 Å². The van der Waals surface area contributed by atoms with Crippen LogP contribution in [0.25, 0.3) is 0 Å². The number of hydrogen-bond donors (Lipinski definition) is 1. The van der Waals surface area contributed by atoms with Crippen molar-refractivity contribution in [3.05, 3.63) is 35.7 Å². The highest BCUT2D eigenvalue weighted by atomic mass is 16.5. The second-order valence-electron chi connectivity index (χ2n) is 6.13. The van der Waals surface area contributed by atoms with Crippen LogP contribution in [0, 0.1) is 13.8 Å². The largest absolute Gasteiger partial charge is 0.372 e. The van der Waals surface area contributed by atoms with Crippen LogP contribution in [0.2, 0.25) is 0 Å². The average Bonchev–Trinajstić information content (AvgIpc) is 3.07. The van der Waals surface area contributed by atoms with E-state index in [1.54, 1.807) is 6.08 Å². The van der Waals surface area contributed by atoms with Crippen LogP contribution >= 0.6 is 0 Å². The topological polar surface area (TPSA) is 54.6 Å². The Morgan fingerprint density at radius 2 is 2.36 bits per heavy atom. The third kappa shape index (κ3) is 2.71. The molecule has 3 atom stereocenters. The molecule has 5 heteroatoms. The van der Waals surface area contributed by atoms with Gasteiger partial charge in [-0.25, -0.2) is 0 Å². The molecule has 5 nitrogen and oxygen atoms in total. The van der Waals surface area contributed by atoms with Crippen molar-refractivity contribution in [3.63, 3.8) is 0 Å². The molecule has 1 amide bonds. The van der Waals surface area contributed by atoms with Crippen molar-refractivity contribution in [2.24, 2.45) is 0 Å². The van der Waals surface area contributed by atoms with Crippen LogP contribution < -0.4 is 0 Å². The van der Waals surface area contributed by atoms with E-state index in [-0.39, 0.29) is 24.2 Å². The molecule has 0 bridgehead atoms. The smallest absolute Gasteiger partial charge is 0.256 e. The Balaban J connectivity index is 1.76. The van der Waals surface area contributed by atoms with Gasteiger partial charge in [-0.1, -0.05) is 6.08 Å². The fourth-order valence-corrected chi connectivity index (χ4v) is 3.64. The monoisotopic (exact) mass is 304 g/mol. The first-order valence-electron chi connectivity index (χ1n) is 7.93. The predicted molar refractivity (Wildman–Crippen MR) is 84.0 cm³/mol. The Labute approximate surface area is 131 Å². The van der Waals surface area contributed by atoms with Crippen molar-refractivity contribution < 1.29 is 14.3 Å². The molecule has 2 fully saturated rings. The number of H-pyrrole nitrogens is 1. The van der Waals surface area contributed by atoms with Gasteiger partial charge in [-0.2, -0.15) is 0 Å². The zero-order valence-corrected chi connectivity index (χ0v) is 13.3. The number of morpholine rings is 1. The van der Waals surface area contributed by atoms with Crippen molar-refractivity contribution in [1.82, 2.24) is 9.88 Å². The van der Waals surface area contributed by atoms with Gasteiger partial charge in [0.15, 0.2) is 0 Å². The Bertz CT molecular complexity index is 566. The van der Waals surface area contributed by atoms with Crippen LogP contribution in [0.5, 0.6) is 0 Å². The van der Waals surface area contributed by atoms with Crippen LogP contribution in [-0.4, -0.2) is 53.8 Å². The molecule has 1 N–H and O–H groups in total. The van der Waals surface area contributed by atoms with Crippen molar-refractivity contribution in [2.45, 2.75) is 44.9 Å². The molecule has 2 aliphatic rings. The van der Waals surface area contributed by atoms with E-state index in [4.69, 9.17) is 9.47 Å². The Kier molecular flexibility index (Phi) is 4.36. The summed E-state index contributed by atoms with van der Waals surface area (Å²) in [5.74, 6) is 0.101. The minimum absolute atomic E-state index is 0.0157. The molecule has 1 saturated heterocycles. The minimum atomic E-state index is -0.0157. The van der Waals surface area contributed by atoms with Crippen LogP contribution in [0.4, 0.5) is 0 Å². The average molecular weight is 304 g/mol. The van der Waals surface area contributed by atoms with Crippen molar-refractivity contribution >= 4 is 5.91 Å². The molecule has 1 saturated carbocycles. The SMILES string of the molecule is C=CCO[C@@H]1CC[C@@H]2[C@H]1OCCN2C(=O)c1cc(C)[nH]c1C. The molecule has 0 radical (unpaired) electrons. The van der Waals surface area contributed by atoms with E-state index in [2.05, 4.69) is 11.6 Å². The standard InChI is InChI=1S/C17H24N2O3/c1-4-8-21-15-6-5-14-16(15)22-9-7-19(14)17(20)13-10-11(2)18-12(13)3/h4,10,14-16,18H,1,5-9H2,2-3H3/t14-,15-,16-/m1/s1. The zero-order valence-electron chi connectivity index (χ0n) is 13.3. The van der Waals surface area contributed by atoms with Gasteiger partial charge in [-0.05, 0) is 32.8 Å². The van der Waals surface area contributed by atoms with Gasteiger partial charge in [-0.3, -0.25) is 4.79 Å². The number of fused-ring (bicyclic) bond motifs is 1. The molecular formula is C17H24N2O3. The highest BCUT2D eigenvalue weighted by Gasteiger charge is 2.45. The molecule has 0 unspecified atom stereocenters. The van der Waals surface area contributed by atoms with Crippen LogP contribution in [-0.2, 0) is 9.47 Å². The molecule has 120 valence electrons. The lowest BCUT2D eigenvalue weighted by Gasteiger charge is -2.39. The summed E-state index contributed by atoms with van der Waals surface area (Å²) >= 11 is 0. The van der Waals surface area contributed by atoms with Crippen molar-refractivity contribution in [1.29, 1.82) is 0 Å². The number of aryl methyl sites for hydroxylation is 2. The van der Waals surface area contributed by atoms with E-state index in [0.717, 1.165) is 29.8 Å². The Morgan fingerprint density at radius 3 is 3.05 bits per heavy atom. The number of nitrogens with zero attached hydrogens (tertiary/aromatic N) is 1. The summed E-state index contributed by atoms with van der Waals surface area (Å²) in [7, 11) is 0. The second-order valence-corrected chi connectivity index (χ2v) is 6.13. The molecule has 1 aliphatic heterocycles. The first kappa shape index (κ1) is 15.3. The summed E-state index contributed by atoms with van der Waals surface area (Å²) in [6.07, 6.45) is 3.66. The van der Waals surface area contributed by atoms with Gasteiger partial charge in [0.1, 0.15) is 6.10 Å². The lowest BCUT2D eigenvalue weighted by molar-refractivity contribution is -0.100. The number of carbonyl (C=O) groups is 1. The van der Waals surface area contributed by atoms with Gasteiger partial charge in [0.05, 0.1) is 30.9 Å². The van der Waals surface area contributed by atoms with E-state index >= 15 is 0 Å². The first-order chi connectivity index (χ1) is 10.6. The highest BCUT2D eigenvalue weighted by Crippen LogP contribution is 2.33.